The van der Waals surface area contributed by atoms with Gasteiger partial charge in [0.2, 0.25) is 0 Å². The third kappa shape index (κ3) is 10.1. The van der Waals surface area contributed by atoms with Crippen molar-refractivity contribution in [3.8, 4) is 0 Å². The van der Waals surface area contributed by atoms with E-state index in [1.54, 1.807) is 0 Å². The van der Waals surface area contributed by atoms with E-state index in [0.29, 0.717) is 33.0 Å². The lowest BCUT2D eigenvalue weighted by Gasteiger charge is -2.47. The second-order valence-corrected chi connectivity index (χ2v) is 16.3. The molecular weight excluding hydrogens is 739 g/mol. The smallest absolute Gasteiger partial charge is 0.117 e. The van der Waals surface area contributed by atoms with Gasteiger partial charge in [-0.25, -0.2) is 0 Å². The lowest BCUT2D eigenvalue weighted by atomic mass is 9.88. The van der Waals surface area contributed by atoms with E-state index < -0.39 is 30.5 Å². The van der Waals surface area contributed by atoms with Crippen LogP contribution in [0.5, 0.6) is 0 Å². The molecule has 7 heteroatoms. The Kier molecular flexibility index (Phi) is 13.4. The van der Waals surface area contributed by atoms with E-state index in [2.05, 4.69) is 116 Å². The molecule has 1 fully saturated rings. The molecule has 1 saturated heterocycles. The highest BCUT2D eigenvalue weighted by molar-refractivity contribution is 7.19. The van der Waals surface area contributed by atoms with Crippen molar-refractivity contribution in [1.29, 1.82) is 0 Å². The van der Waals surface area contributed by atoms with Crippen LogP contribution in [-0.4, -0.2) is 45.1 Å². The van der Waals surface area contributed by atoms with Crippen molar-refractivity contribution in [1.82, 2.24) is 0 Å². The molecule has 58 heavy (non-hydrogen) atoms. The van der Waals surface area contributed by atoms with Crippen molar-refractivity contribution in [2.45, 2.75) is 63.4 Å². The first-order chi connectivity index (χ1) is 28.6. The van der Waals surface area contributed by atoms with Gasteiger partial charge in [-0.15, -0.1) is 11.3 Å². The van der Waals surface area contributed by atoms with Crippen LogP contribution in [0.1, 0.15) is 44.4 Å². The first-order valence-corrected chi connectivity index (χ1v) is 20.9. The summed E-state index contributed by atoms with van der Waals surface area (Å²) in [6, 6.07) is 58.8. The van der Waals surface area contributed by atoms with E-state index >= 15 is 0 Å². The number of hydrogen-bond donors (Lipinski definition) is 0. The van der Waals surface area contributed by atoms with Crippen LogP contribution < -0.4 is 4.90 Å². The Hall–Kier alpha value is -5.12. The molecule has 6 aromatic carbocycles. The Labute approximate surface area is 346 Å². The van der Waals surface area contributed by atoms with Crippen LogP contribution >= 0.6 is 11.3 Å². The molecule has 1 aliphatic rings. The van der Waals surface area contributed by atoms with Crippen LogP contribution in [-0.2, 0) is 56.5 Å². The van der Waals surface area contributed by atoms with E-state index in [-0.39, 0.29) is 0 Å². The number of anilines is 1. The van der Waals surface area contributed by atoms with Gasteiger partial charge in [-0.2, -0.15) is 0 Å². The van der Waals surface area contributed by atoms with Crippen molar-refractivity contribution in [3.05, 3.63) is 208 Å². The van der Waals surface area contributed by atoms with E-state index in [4.69, 9.17) is 23.7 Å². The van der Waals surface area contributed by atoms with E-state index in [9.17, 15) is 0 Å². The first-order valence-electron chi connectivity index (χ1n) is 20.1. The van der Waals surface area contributed by atoms with Gasteiger partial charge in [0, 0.05) is 41.3 Å². The molecule has 0 saturated carbocycles. The molecule has 296 valence electrons. The fourth-order valence-corrected chi connectivity index (χ4v) is 8.81. The second-order valence-electron chi connectivity index (χ2n) is 15.1. The van der Waals surface area contributed by atoms with Gasteiger partial charge in [0.1, 0.15) is 30.5 Å². The third-order valence-electron chi connectivity index (χ3n) is 10.6. The maximum absolute atomic E-state index is 7.36. The Morgan fingerprint density at radius 2 is 1.03 bits per heavy atom. The molecular formula is C51H51NO5S. The van der Waals surface area contributed by atoms with Gasteiger partial charge in [0.15, 0.2) is 0 Å². The number of thiophene rings is 1. The molecule has 0 amide bonds. The van der Waals surface area contributed by atoms with Gasteiger partial charge in [-0.3, -0.25) is 0 Å². The molecule has 1 aliphatic heterocycles. The zero-order valence-corrected chi connectivity index (χ0v) is 34.0. The molecule has 2 heterocycles. The monoisotopic (exact) mass is 789 g/mol. The molecule has 0 radical (unpaired) electrons. The minimum Gasteiger partial charge on any atom is -0.377 e. The lowest BCUT2D eigenvalue weighted by molar-refractivity contribution is -0.275. The van der Waals surface area contributed by atoms with Crippen molar-refractivity contribution in [3.63, 3.8) is 0 Å². The summed E-state index contributed by atoms with van der Waals surface area (Å²) in [5.41, 5.74) is 7.63. The highest BCUT2D eigenvalue weighted by Gasteiger charge is 2.49. The average molecular weight is 790 g/mol. The zero-order valence-electron chi connectivity index (χ0n) is 33.2. The quantitative estimate of drug-likeness (QED) is 0.0916. The Bertz CT molecular complexity index is 2270. The summed E-state index contributed by atoms with van der Waals surface area (Å²) in [5.74, 6) is 0. The number of ether oxygens (including phenoxy) is 5. The Morgan fingerprint density at radius 1 is 0.517 bits per heavy atom. The fourth-order valence-electron chi connectivity index (χ4n) is 7.71. The van der Waals surface area contributed by atoms with Crippen molar-refractivity contribution >= 4 is 27.1 Å². The van der Waals surface area contributed by atoms with Gasteiger partial charge in [0.25, 0.3) is 0 Å². The molecule has 1 aromatic heterocycles. The zero-order chi connectivity index (χ0) is 39.5. The molecule has 6 nitrogen and oxygen atoms in total. The minimum atomic E-state index is -0.534. The first kappa shape index (κ1) is 39.7. The average Bonchev–Trinajstić information content (AvgIpc) is 3.68. The van der Waals surface area contributed by atoms with Crippen molar-refractivity contribution in [2.24, 2.45) is 0 Å². The highest BCUT2D eigenvalue weighted by Crippen LogP contribution is 2.42. The number of fused-ring (bicyclic) bond motifs is 1. The lowest BCUT2D eigenvalue weighted by Crippen LogP contribution is -2.58. The second kappa shape index (κ2) is 19.6. The van der Waals surface area contributed by atoms with Crippen LogP contribution in [0, 0.1) is 0 Å². The molecule has 0 spiro atoms. The van der Waals surface area contributed by atoms with Crippen LogP contribution in [0.3, 0.4) is 0 Å². The van der Waals surface area contributed by atoms with Crippen LogP contribution in [0.4, 0.5) is 5.69 Å². The van der Waals surface area contributed by atoms with Gasteiger partial charge >= 0.3 is 0 Å². The van der Waals surface area contributed by atoms with Crippen molar-refractivity contribution < 1.29 is 23.7 Å². The number of hydrogen-bond acceptors (Lipinski definition) is 7. The summed E-state index contributed by atoms with van der Waals surface area (Å²) in [7, 11) is 4.17. The molecule has 7 aromatic rings. The third-order valence-corrected chi connectivity index (χ3v) is 11.7. The molecule has 5 atom stereocenters. The van der Waals surface area contributed by atoms with Crippen LogP contribution in [0.25, 0.3) is 10.1 Å². The maximum atomic E-state index is 7.36. The Balaban J connectivity index is 1.20. The van der Waals surface area contributed by atoms with Crippen molar-refractivity contribution in [2.75, 3.05) is 25.6 Å². The summed E-state index contributed by atoms with van der Waals surface area (Å²) >= 11 is 1.85. The molecule has 0 aliphatic carbocycles. The van der Waals surface area contributed by atoms with Gasteiger partial charge < -0.3 is 28.6 Å². The molecule has 0 unspecified atom stereocenters. The standard InChI is InChI=1S/C51H51NO5S/c1-52(2)45-28-27-41(29-43-31-42-25-15-16-26-47(42)58-43)30-44(45)48-50(55-34-39-21-11-5-12-22-39)51(56-35-40-23-13-6-14-24-40)49(54-33-38-19-9-4-10-20-38)46(57-48)36-53-32-37-17-7-3-8-18-37/h3-28,30-31,46,48-51H,29,32-36H2,1-2H3/t46-,48+,49-,50+,51+/m1/s1. The van der Waals surface area contributed by atoms with Gasteiger partial charge in [0.05, 0.1) is 33.0 Å². The summed E-state index contributed by atoms with van der Waals surface area (Å²) in [5, 5.41) is 1.27. The minimum absolute atomic E-state index is 0.306. The van der Waals surface area contributed by atoms with Gasteiger partial charge in [-0.1, -0.05) is 152 Å². The van der Waals surface area contributed by atoms with E-state index in [0.717, 1.165) is 39.9 Å². The van der Waals surface area contributed by atoms with E-state index in [1.807, 2.05) is 84.1 Å². The number of benzene rings is 6. The Morgan fingerprint density at radius 3 is 1.60 bits per heavy atom. The summed E-state index contributed by atoms with van der Waals surface area (Å²) in [6.45, 7) is 1.92. The number of rotatable bonds is 17. The normalized spacial score (nSPS) is 19.3. The predicted molar refractivity (Wildman–Crippen MR) is 234 cm³/mol. The summed E-state index contributed by atoms with van der Waals surface area (Å²) in [6.07, 6.45) is -1.74. The topological polar surface area (TPSA) is 49.4 Å². The SMILES string of the molecule is CN(C)c1ccc(Cc2cc3ccccc3s2)cc1[C@@H]1O[C@H](COCc2ccccc2)[C@@H](OCc2ccccc2)[C@H](OCc2ccccc2)[C@H]1OCc1ccccc1. The molecule has 8 rings (SSSR count). The van der Waals surface area contributed by atoms with E-state index in [1.165, 1.54) is 20.5 Å². The molecule has 0 N–H and O–H groups in total. The van der Waals surface area contributed by atoms with Gasteiger partial charge in [-0.05, 0) is 51.4 Å². The highest BCUT2D eigenvalue weighted by atomic mass is 32.1. The predicted octanol–water partition coefficient (Wildman–Crippen LogP) is 11.0. The van der Waals surface area contributed by atoms with Crippen LogP contribution in [0.15, 0.2) is 170 Å². The fraction of sp³-hybridized carbons (Fsp3) is 0.255. The van der Waals surface area contributed by atoms with Crippen LogP contribution in [0.2, 0.25) is 0 Å². The molecule has 0 bridgehead atoms. The summed E-state index contributed by atoms with van der Waals surface area (Å²) < 4.78 is 36.3. The number of nitrogens with zero attached hydrogens (tertiary/aromatic N) is 1. The summed E-state index contributed by atoms with van der Waals surface area (Å²) in [4.78, 5) is 3.48. The maximum Gasteiger partial charge on any atom is 0.117 e. The largest absolute Gasteiger partial charge is 0.377 e.